The molecule has 0 spiro atoms. The first-order valence-corrected chi connectivity index (χ1v) is 12.4. The Morgan fingerprint density at radius 3 is 2.23 bits per heavy atom. The van der Waals surface area contributed by atoms with Crippen LogP contribution in [0.15, 0.2) is 54.6 Å². The summed E-state index contributed by atoms with van der Waals surface area (Å²) in [4.78, 5) is 2.58. The molecule has 1 saturated carbocycles. The van der Waals surface area contributed by atoms with Gasteiger partial charge in [0.25, 0.3) is 0 Å². The van der Waals surface area contributed by atoms with E-state index in [0.717, 1.165) is 45.3 Å². The summed E-state index contributed by atoms with van der Waals surface area (Å²) in [6.07, 6.45) is 6.72. The van der Waals surface area contributed by atoms with Crippen LogP contribution in [0.4, 0.5) is 0 Å². The number of hydrogen-bond acceptors (Lipinski definition) is 2. The summed E-state index contributed by atoms with van der Waals surface area (Å²) in [6.45, 7) is 7.06. The van der Waals surface area contributed by atoms with Crippen LogP contribution in [-0.2, 0) is 13.0 Å². The molecule has 0 N–H and O–H groups in total. The molecule has 3 atom stereocenters. The minimum Gasteiger partial charge on any atom is -0.299 e. The SMILES string of the molecule is CC#N.CCCN(CCCc1ccc(C2CCC(Cl)C(Cl)C2)cc1)Cc1ccccc1. The maximum absolute atomic E-state index is 7.32. The van der Waals surface area contributed by atoms with Crippen molar-refractivity contribution >= 4 is 23.2 Å². The zero-order valence-corrected chi connectivity index (χ0v) is 20.5. The van der Waals surface area contributed by atoms with Crippen molar-refractivity contribution in [3.8, 4) is 6.07 Å². The highest BCUT2D eigenvalue weighted by atomic mass is 35.5. The van der Waals surface area contributed by atoms with Crippen LogP contribution < -0.4 is 0 Å². The molecular weight excluding hydrogens is 423 g/mol. The summed E-state index contributed by atoms with van der Waals surface area (Å²) in [5.41, 5.74) is 4.27. The summed E-state index contributed by atoms with van der Waals surface area (Å²) in [6, 6.07) is 21.8. The largest absolute Gasteiger partial charge is 0.299 e. The van der Waals surface area contributed by atoms with Crippen LogP contribution in [0.1, 0.15) is 68.6 Å². The molecule has 0 bridgehead atoms. The number of aryl methyl sites for hydroxylation is 1. The second-order valence-electron chi connectivity index (χ2n) is 8.37. The molecule has 0 saturated heterocycles. The number of benzene rings is 2. The molecule has 168 valence electrons. The van der Waals surface area contributed by atoms with Gasteiger partial charge in [0.1, 0.15) is 0 Å². The van der Waals surface area contributed by atoms with Crippen molar-refractivity contribution in [2.75, 3.05) is 13.1 Å². The topological polar surface area (TPSA) is 27.0 Å². The first kappa shape index (κ1) is 25.7. The van der Waals surface area contributed by atoms with Gasteiger partial charge in [0.2, 0.25) is 0 Å². The van der Waals surface area contributed by atoms with Gasteiger partial charge in [0.05, 0.1) is 11.4 Å². The molecule has 4 heteroatoms. The average molecular weight is 460 g/mol. The van der Waals surface area contributed by atoms with Gasteiger partial charge in [-0.25, -0.2) is 0 Å². The van der Waals surface area contributed by atoms with Crippen LogP contribution in [0.3, 0.4) is 0 Å². The average Bonchev–Trinajstić information content (AvgIpc) is 2.78. The van der Waals surface area contributed by atoms with Crippen LogP contribution in [0.5, 0.6) is 0 Å². The van der Waals surface area contributed by atoms with Crippen molar-refractivity contribution in [1.82, 2.24) is 4.90 Å². The van der Waals surface area contributed by atoms with E-state index in [1.807, 2.05) is 0 Å². The third kappa shape index (κ3) is 9.24. The summed E-state index contributed by atoms with van der Waals surface area (Å²) in [7, 11) is 0. The third-order valence-electron chi connectivity index (χ3n) is 5.87. The molecule has 31 heavy (non-hydrogen) atoms. The standard InChI is InChI=1S/C25H33Cl2N.C2H3N/c1-2-16-28(19-21-7-4-3-5-8-21)17-6-9-20-10-12-22(13-11-20)23-14-15-24(26)25(27)18-23;1-2-3/h3-5,7-8,10-13,23-25H,2,6,9,14-19H2,1H3;1H3. The normalized spacial score (nSPS) is 20.6. The summed E-state index contributed by atoms with van der Waals surface area (Å²) >= 11 is 12.7. The molecule has 1 fully saturated rings. The zero-order chi connectivity index (χ0) is 22.5. The van der Waals surface area contributed by atoms with Gasteiger partial charge in [-0.05, 0) is 74.2 Å². The van der Waals surface area contributed by atoms with E-state index in [1.165, 1.54) is 36.5 Å². The molecule has 2 nitrogen and oxygen atoms in total. The number of alkyl halides is 2. The number of nitrogens with zero attached hydrogens (tertiary/aromatic N) is 2. The molecular formula is C27H36Cl2N2. The lowest BCUT2D eigenvalue weighted by atomic mass is 9.83. The van der Waals surface area contributed by atoms with E-state index in [9.17, 15) is 0 Å². The number of hydrogen-bond donors (Lipinski definition) is 0. The van der Waals surface area contributed by atoms with E-state index < -0.39 is 0 Å². The fraction of sp³-hybridized carbons (Fsp3) is 0.519. The Bertz CT molecular complexity index is 770. The van der Waals surface area contributed by atoms with Gasteiger partial charge in [-0.15, -0.1) is 23.2 Å². The Morgan fingerprint density at radius 1 is 0.935 bits per heavy atom. The van der Waals surface area contributed by atoms with E-state index in [2.05, 4.69) is 66.4 Å². The molecule has 1 aliphatic rings. The van der Waals surface area contributed by atoms with E-state index in [1.54, 1.807) is 6.07 Å². The van der Waals surface area contributed by atoms with Gasteiger partial charge < -0.3 is 0 Å². The van der Waals surface area contributed by atoms with E-state index in [-0.39, 0.29) is 10.8 Å². The second kappa shape index (κ2) is 14.5. The number of nitriles is 1. The minimum atomic E-state index is 0.106. The molecule has 2 aromatic rings. The lowest BCUT2D eigenvalue weighted by Crippen LogP contribution is -2.25. The van der Waals surface area contributed by atoms with Crippen LogP contribution in [0.2, 0.25) is 0 Å². The van der Waals surface area contributed by atoms with Crippen LogP contribution in [0, 0.1) is 11.3 Å². The predicted molar refractivity (Wildman–Crippen MR) is 134 cm³/mol. The van der Waals surface area contributed by atoms with Crippen molar-refractivity contribution in [3.63, 3.8) is 0 Å². The third-order valence-corrected chi connectivity index (χ3v) is 7.01. The van der Waals surface area contributed by atoms with Gasteiger partial charge >= 0.3 is 0 Å². The molecule has 2 aromatic carbocycles. The maximum Gasteiger partial charge on any atom is 0.0587 e. The first-order valence-electron chi connectivity index (χ1n) is 11.5. The quantitative estimate of drug-likeness (QED) is 0.362. The van der Waals surface area contributed by atoms with Gasteiger partial charge in [0.15, 0.2) is 0 Å². The van der Waals surface area contributed by atoms with Gasteiger partial charge in [0, 0.05) is 18.8 Å². The summed E-state index contributed by atoms with van der Waals surface area (Å²) in [5.74, 6) is 0.567. The number of halogens is 2. The monoisotopic (exact) mass is 458 g/mol. The smallest absolute Gasteiger partial charge is 0.0587 e. The Balaban J connectivity index is 0.00000107. The highest BCUT2D eigenvalue weighted by Gasteiger charge is 2.28. The molecule has 0 amide bonds. The fourth-order valence-electron chi connectivity index (χ4n) is 4.27. The van der Waals surface area contributed by atoms with Crippen molar-refractivity contribution in [3.05, 3.63) is 71.3 Å². The van der Waals surface area contributed by atoms with Crippen molar-refractivity contribution in [1.29, 1.82) is 5.26 Å². The molecule has 0 aliphatic heterocycles. The van der Waals surface area contributed by atoms with Gasteiger partial charge in [-0.3, -0.25) is 4.90 Å². The minimum absolute atomic E-state index is 0.106. The van der Waals surface area contributed by atoms with E-state index in [4.69, 9.17) is 28.5 Å². The van der Waals surface area contributed by atoms with Crippen molar-refractivity contribution in [2.45, 2.75) is 75.6 Å². The Labute approximate surface area is 199 Å². The molecule has 0 radical (unpaired) electrons. The van der Waals surface area contributed by atoms with E-state index in [0.29, 0.717) is 5.92 Å². The molecule has 1 aliphatic carbocycles. The number of rotatable bonds is 9. The highest BCUT2D eigenvalue weighted by Crippen LogP contribution is 2.37. The van der Waals surface area contributed by atoms with Crippen molar-refractivity contribution in [2.24, 2.45) is 0 Å². The van der Waals surface area contributed by atoms with Gasteiger partial charge in [-0.2, -0.15) is 5.26 Å². The zero-order valence-electron chi connectivity index (χ0n) is 18.9. The Kier molecular flexibility index (Phi) is 12.0. The molecule has 0 heterocycles. The lowest BCUT2D eigenvalue weighted by Gasteiger charge is -2.29. The Hall–Kier alpha value is -1.53. The van der Waals surface area contributed by atoms with Crippen LogP contribution in [-0.4, -0.2) is 28.7 Å². The second-order valence-corrected chi connectivity index (χ2v) is 9.49. The van der Waals surface area contributed by atoms with Crippen molar-refractivity contribution < 1.29 is 0 Å². The lowest BCUT2D eigenvalue weighted by molar-refractivity contribution is 0.262. The highest BCUT2D eigenvalue weighted by molar-refractivity contribution is 6.30. The summed E-state index contributed by atoms with van der Waals surface area (Å²) < 4.78 is 0. The summed E-state index contributed by atoms with van der Waals surface area (Å²) in [5, 5.41) is 7.56. The first-order chi connectivity index (χ1) is 15.1. The maximum atomic E-state index is 7.32. The fourth-order valence-corrected chi connectivity index (χ4v) is 4.84. The molecule has 0 aromatic heterocycles. The molecule has 3 unspecified atom stereocenters. The van der Waals surface area contributed by atoms with E-state index >= 15 is 0 Å². The Morgan fingerprint density at radius 2 is 1.61 bits per heavy atom. The predicted octanol–water partition coefficient (Wildman–Crippen LogP) is 7.54. The molecule has 3 rings (SSSR count). The van der Waals surface area contributed by atoms with Gasteiger partial charge in [-0.1, -0.05) is 61.5 Å². The van der Waals surface area contributed by atoms with Crippen LogP contribution >= 0.6 is 23.2 Å². The van der Waals surface area contributed by atoms with Crippen LogP contribution in [0.25, 0.3) is 0 Å².